The highest BCUT2D eigenvalue weighted by atomic mass is 16.5. The molecule has 0 bridgehead atoms. The van der Waals surface area contributed by atoms with E-state index in [1.165, 1.54) is 12.8 Å². The van der Waals surface area contributed by atoms with Crippen LogP contribution in [-0.2, 0) is 9.53 Å². The van der Waals surface area contributed by atoms with Crippen LogP contribution in [0.25, 0.3) is 0 Å². The van der Waals surface area contributed by atoms with Crippen LogP contribution in [0.3, 0.4) is 0 Å². The Morgan fingerprint density at radius 3 is 2.94 bits per heavy atom. The Balaban J connectivity index is 1.95. The second kappa shape index (κ2) is 8.48. The van der Waals surface area contributed by atoms with Gasteiger partial charge >= 0.3 is 0 Å². The molecule has 0 aromatic heterocycles. The minimum absolute atomic E-state index is 0.00135. The molecule has 0 saturated carbocycles. The van der Waals surface area contributed by atoms with E-state index in [2.05, 4.69) is 24.5 Å². The maximum atomic E-state index is 11.4. The zero-order valence-electron chi connectivity index (χ0n) is 11.1. The van der Waals surface area contributed by atoms with E-state index >= 15 is 0 Å². The predicted octanol–water partition coefficient (Wildman–Crippen LogP) is 1.31. The molecule has 1 unspecified atom stereocenters. The number of piperidine rings is 1. The van der Waals surface area contributed by atoms with Crippen molar-refractivity contribution >= 4 is 5.91 Å². The van der Waals surface area contributed by atoms with Crippen LogP contribution in [-0.4, -0.2) is 38.3 Å². The highest BCUT2D eigenvalue weighted by molar-refractivity contribution is 5.77. The van der Waals surface area contributed by atoms with Gasteiger partial charge in [-0.25, -0.2) is 0 Å². The second-order valence-electron chi connectivity index (χ2n) is 5.19. The van der Waals surface area contributed by atoms with E-state index in [4.69, 9.17) is 4.74 Å². The van der Waals surface area contributed by atoms with E-state index in [9.17, 15) is 4.79 Å². The number of rotatable bonds is 7. The number of hydrogen-bond donors (Lipinski definition) is 2. The van der Waals surface area contributed by atoms with Crippen LogP contribution >= 0.6 is 0 Å². The molecule has 0 aromatic carbocycles. The standard InChI is InChI=1S/C13H26N2O2/c1-11(2)6-8-15-13(16)10-17-9-12-5-3-4-7-14-12/h11-12,14H,3-10H2,1-2H3,(H,15,16). The molecule has 4 heteroatoms. The van der Waals surface area contributed by atoms with Gasteiger partial charge in [-0.15, -0.1) is 0 Å². The zero-order chi connectivity index (χ0) is 12.5. The first-order valence-corrected chi connectivity index (χ1v) is 6.76. The minimum Gasteiger partial charge on any atom is -0.370 e. The fraction of sp³-hybridized carbons (Fsp3) is 0.923. The van der Waals surface area contributed by atoms with Crippen molar-refractivity contribution in [3.05, 3.63) is 0 Å². The summed E-state index contributed by atoms with van der Waals surface area (Å²) < 4.78 is 5.42. The molecule has 17 heavy (non-hydrogen) atoms. The molecule has 1 fully saturated rings. The zero-order valence-corrected chi connectivity index (χ0v) is 11.1. The van der Waals surface area contributed by atoms with Crippen LogP contribution in [0.1, 0.15) is 39.5 Å². The van der Waals surface area contributed by atoms with E-state index in [1.54, 1.807) is 0 Å². The first-order chi connectivity index (χ1) is 8.18. The van der Waals surface area contributed by atoms with Crippen LogP contribution in [0.2, 0.25) is 0 Å². The molecule has 100 valence electrons. The summed E-state index contributed by atoms with van der Waals surface area (Å²) in [5.41, 5.74) is 0. The predicted molar refractivity (Wildman–Crippen MR) is 68.9 cm³/mol. The normalized spacial score (nSPS) is 20.5. The molecular weight excluding hydrogens is 216 g/mol. The highest BCUT2D eigenvalue weighted by Gasteiger charge is 2.12. The first-order valence-electron chi connectivity index (χ1n) is 6.76. The lowest BCUT2D eigenvalue weighted by atomic mass is 10.1. The highest BCUT2D eigenvalue weighted by Crippen LogP contribution is 2.06. The molecule has 1 amide bonds. The van der Waals surface area contributed by atoms with Gasteiger partial charge in [0.15, 0.2) is 0 Å². The molecule has 0 radical (unpaired) electrons. The molecule has 4 nitrogen and oxygen atoms in total. The summed E-state index contributed by atoms with van der Waals surface area (Å²) in [5.74, 6) is 0.629. The van der Waals surface area contributed by atoms with Crippen LogP contribution < -0.4 is 10.6 Å². The van der Waals surface area contributed by atoms with Crippen molar-refractivity contribution in [3.63, 3.8) is 0 Å². The quantitative estimate of drug-likeness (QED) is 0.707. The van der Waals surface area contributed by atoms with Gasteiger partial charge in [0.25, 0.3) is 0 Å². The van der Waals surface area contributed by atoms with Crippen molar-refractivity contribution in [2.24, 2.45) is 5.92 Å². The maximum absolute atomic E-state index is 11.4. The molecule has 1 rings (SSSR count). The van der Waals surface area contributed by atoms with Gasteiger partial charge in [0.2, 0.25) is 5.91 Å². The van der Waals surface area contributed by atoms with Gasteiger partial charge in [-0.05, 0) is 31.7 Å². The van der Waals surface area contributed by atoms with Crippen LogP contribution in [0, 0.1) is 5.92 Å². The number of nitrogens with one attached hydrogen (secondary N) is 2. The Bertz CT molecular complexity index is 213. The third kappa shape index (κ3) is 7.34. The van der Waals surface area contributed by atoms with Crippen molar-refractivity contribution in [1.82, 2.24) is 10.6 Å². The Morgan fingerprint density at radius 2 is 2.29 bits per heavy atom. The lowest BCUT2D eigenvalue weighted by molar-refractivity contribution is -0.126. The molecule has 1 atom stereocenters. The van der Waals surface area contributed by atoms with E-state index in [1.807, 2.05) is 0 Å². The van der Waals surface area contributed by atoms with Gasteiger partial charge in [0.05, 0.1) is 6.61 Å². The number of carbonyl (C=O) groups is 1. The monoisotopic (exact) mass is 242 g/mol. The fourth-order valence-electron chi connectivity index (χ4n) is 1.91. The summed E-state index contributed by atoms with van der Waals surface area (Å²) in [6.07, 6.45) is 4.71. The molecule has 0 aromatic rings. The van der Waals surface area contributed by atoms with E-state index in [0.717, 1.165) is 25.9 Å². The van der Waals surface area contributed by atoms with Gasteiger partial charge in [0.1, 0.15) is 6.61 Å². The summed E-state index contributed by atoms with van der Waals surface area (Å²) in [7, 11) is 0. The number of hydrogen-bond acceptors (Lipinski definition) is 3. The largest absolute Gasteiger partial charge is 0.370 e. The van der Waals surface area contributed by atoms with Crippen molar-refractivity contribution < 1.29 is 9.53 Å². The molecule has 1 saturated heterocycles. The molecule has 0 aliphatic carbocycles. The van der Waals surface area contributed by atoms with E-state index in [-0.39, 0.29) is 12.5 Å². The summed E-state index contributed by atoms with van der Waals surface area (Å²) in [6, 6.07) is 0.437. The molecule has 1 heterocycles. The Kier molecular flexibility index (Phi) is 7.21. The van der Waals surface area contributed by atoms with Gasteiger partial charge in [0, 0.05) is 12.6 Å². The van der Waals surface area contributed by atoms with Crippen LogP contribution in [0.4, 0.5) is 0 Å². The fourth-order valence-corrected chi connectivity index (χ4v) is 1.91. The van der Waals surface area contributed by atoms with Crippen LogP contribution in [0.5, 0.6) is 0 Å². The van der Waals surface area contributed by atoms with Gasteiger partial charge in [-0.1, -0.05) is 20.3 Å². The summed E-state index contributed by atoms with van der Waals surface area (Å²) in [4.78, 5) is 11.4. The molecule has 0 spiro atoms. The lowest BCUT2D eigenvalue weighted by Gasteiger charge is -2.23. The molecule has 1 aliphatic heterocycles. The van der Waals surface area contributed by atoms with Crippen molar-refractivity contribution in [3.8, 4) is 0 Å². The van der Waals surface area contributed by atoms with Crippen molar-refractivity contribution in [1.29, 1.82) is 0 Å². The van der Waals surface area contributed by atoms with Crippen molar-refractivity contribution in [2.45, 2.75) is 45.6 Å². The molecular formula is C13H26N2O2. The third-order valence-electron chi connectivity index (χ3n) is 3.01. The molecule has 1 aliphatic rings. The Labute approximate surface area is 104 Å². The topological polar surface area (TPSA) is 50.4 Å². The Morgan fingerprint density at radius 1 is 1.47 bits per heavy atom. The number of carbonyl (C=O) groups excluding carboxylic acids is 1. The van der Waals surface area contributed by atoms with Gasteiger partial charge in [-0.2, -0.15) is 0 Å². The van der Waals surface area contributed by atoms with Crippen molar-refractivity contribution in [2.75, 3.05) is 26.3 Å². The Hall–Kier alpha value is -0.610. The third-order valence-corrected chi connectivity index (χ3v) is 3.01. The van der Waals surface area contributed by atoms with E-state index in [0.29, 0.717) is 18.6 Å². The van der Waals surface area contributed by atoms with Gasteiger partial charge in [-0.3, -0.25) is 4.79 Å². The summed E-state index contributed by atoms with van der Waals surface area (Å²) >= 11 is 0. The SMILES string of the molecule is CC(C)CCNC(=O)COCC1CCCCN1. The average Bonchev–Trinajstić information content (AvgIpc) is 2.30. The average molecular weight is 242 g/mol. The summed E-state index contributed by atoms with van der Waals surface area (Å²) in [5, 5.41) is 6.26. The number of ether oxygens (including phenoxy) is 1. The first kappa shape index (κ1) is 14.5. The smallest absolute Gasteiger partial charge is 0.245 e. The van der Waals surface area contributed by atoms with Crippen LogP contribution in [0.15, 0.2) is 0 Å². The minimum atomic E-state index is 0.00135. The second-order valence-corrected chi connectivity index (χ2v) is 5.19. The lowest BCUT2D eigenvalue weighted by Crippen LogP contribution is -2.39. The van der Waals surface area contributed by atoms with E-state index < -0.39 is 0 Å². The summed E-state index contributed by atoms with van der Waals surface area (Å²) in [6.45, 7) is 6.97. The van der Waals surface area contributed by atoms with Gasteiger partial charge < -0.3 is 15.4 Å². The molecule has 2 N–H and O–H groups in total. The maximum Gasteiger partial charge on any atom is 0.245 e. The number of amides is 1.